The first-order valence-electron chi connectivity index (χ1n) is 6.54. The van der Waals surface area contributed by atoms with E-state index < -0.39 is 0 Å². The van der Waals surface area contributed by atoms with Crippen molar-refractivity contribution >= 4 is 18.1 Å². The van der Waals surface area contributed by atoms with Crippen LogP contribution < -0.4 is 5.73 Å². The third-order valence-corrected chi connectivity index (χ3v) is 3.86. The smallest absolute Gasteiger partial charge is 0.136 e. The normalized spacial score (nSPS) is 23.7. The molecule has 1 fully saturated rings. The summed E-state index contributed by atoms with van der Waals surface area (Å²) in [6, 6.07) is 4.47. The summed E-state index contributed by atoms with van der Waals surface area (Å²) < 4.78 is 2.18. The molecule has 1 aliphatic rings. The van der Waals surface area contributed by atoms with E-state index in [0.717, 1.165) is 25.3 Å². The summed E-state index contributed by atoms with van der Waals surface area (Å²) in [7, 11) is 0. The van der Waals surface area contributed by atoms with E-state index in [1.807, 2.05) is 6.20 Å². The van der Waals surface area contributed by atoms with E-state index in [-0.39, 0.29) is 12.4 Å². The standard InChI is InChI=1S/C14H20N4.ClH/c1-10-3-4-14-16-5-12(18(14)6-10)8-17-7-11(2)13(15)9-17;/h3-6,11,13H,7-9,15H2,1-2H3;1H. The highest BCUT2D eigenvalue weighted by Gasteiger charge is 2.26. The molecule has 0 amide bonds. The Morgan fingerprint density at radius 3 is 2.84 bits per heavy atom. The maximum absolute atomic E-state index is 6.07. The van der Waals surface area contributed by atoms with Crippen LogP contribution in [0, 0.1) is 12.8 Å². The van der Waals surface area contributed by atoms with Crippen LogP contribution in [0.4, 0.5) is 0 Å². The molecule has 2 unspecified atom stereocenters. The molecule has 19 heavy (non-hydrogen) atoms. The Morgan fingerprint density at radius 1 is 1.37 bits per heavy atom. The van der Waals surface area contributed by atoms with E-state index in [1.165, 1.54) is 11.3 Å². The lowest BCUT2D eigenvalue weighted by atomic mass is 10.1. The first-order valence-corrected chi connectivity index (χ1v) is 6.54. The van der Waals surface area contributed by atoms with Crippen molar-refractivity contribution in [3.8, 4) is 0 Å². The highest BCUT2D eigenvalue weighted by Crippen LogP contribution is 2.18. The van der Waals surface area contributed by atoms with Crippen molar-refractivity contribution < 1.29 is 0 Å². The van der Waals surface area contributed by atoms with E-state index in [2.05, 4.69) is 46.5 Å². The predicted molar refractivity (Wildman–Crippen MR) is 79.6 cm³/mol. The van der Waals surface area contributed by atoms with Crippen molar-refractivity contribution in [2.45, 2.75) is 26.4 Å². The lowest BCUT2D eigenvalue weighted by Gasteiger charge is -2.14. The van der Waals surface area contributed by atoms with Crippen LogP contribution in [0.15, 0.2) is 24.5 Å². The molecule has 4 nitrogen and oxygen atoms in total. The Bertz CT molecular complexity index is 556. The molecule has 0 aliphatic carbocycles. The molecule has 0 saturated carbocycles. The lowest BCUT2D eigenvalue weighted by Crippen LogP contribution is -2.28. The topological polar surface area (TPSA) is 46.6 Å². The van der Waals surface area contributed by atoms with E-state index in [1.54, 1.807) is 0 Å². The van der Waals surface area contributed by atoms with Gasteiger partial charge in [0.05, 0.1) is 11.9 Å². The maximum atomic E-state index is 6.07. The predicted octanol–water partition coefficient (Wildman–Crippen LogP) is 1.84. The molecule has 2 aromatic heterocycles. The number of likely N-dealkylation sites (tertiary alicyclic amines) is 1. The summed E-state index contributed by atoms with van der Waals surface area (Å²) in [6.45, 7) is 7.34. The van der Waals surface area contributed by atoms with Crippen molar-refractivity contribution in [2.75, 3.05) is 13.1 Å². The molecule has 3 rings (SSSR count). The average Bonchev–Trinajstić information content (AvgIpc) is 2.85. The Hall–Kier alpha value is -1.10. The van der Waals surface area contributed by atoms with Crippen molar-refractivity contribution in [3.63, 3.8) is 0 Å². The Kier molecular flexibility index (Phi) is 4.13. The zero-order chi connectivity index (χ0) is 12.7. The number of pyridine rings is 1. The summed E-state index contributed by atoms with van der Waals surface area (Å²) >= 11 is 0. The van der Waals surface area contributed by atoms with E-state index in [9.17, 15) is 0 Å². The summed E-state index contributed by atoms with van der Waals surface area (Å²) in [5.74, 6) is 0.589. The van der Waals surface area contributed by atoms with E-state index in [4.69, 9.17) is 5.73 Å². The van der Waals surface area contributed by atoms with Crippen molar-refractivity contribution in [3.05, 3.63) is 35.8 Å². The highest BCUT2D eigenvalue weighted by molar-refractivity contribution is 5.85. The van der Waals surface area contributed by atoms with Gasteiger partial charge in [0.1, 0.15) is 5.65 Å². The second-order valence-corrected chi connectivity index (χ2v) is 5.52. The van der Waals surface area contributed by atoms with Crippen LogP contribution in [0.25, 0.3) is 5.65 Å². The number of halogens is 1. The molecule has 0 aromatic carbocycles. The summed E-state index contributed by atoms with van der Waals surface area (Å²) in [5, 5.41) is 0. The van der Waals surface area contributed by atoms with Crippen LogP contribution in [0.3, 0.4) is 0 Å². The van der Waals surface area contributed by atoms with Gasteiger partial charge in [-0.25, -0.2) is 4.98 Å². The number of nitrogens with zero attached hydrogens (tertiary/aromatic N) is 3. The number of hydrogen-bond donors (Lipinski definition) is 1. The quantitative estimate of drug-likeness (QED) is 0.913. The number of imidazole rings is 1. The fourth-order valence-corrected chi connectivity index (χ4v) is 2.71. The van der Waals surface area contributed by atoms with Gasteiger partial charge in [0, 0.05) is 31.9 Å². The minimum absolute atomic E-state index is 0. The fraction of sp³-hybridized carbons (Fsp3) is 0.500. The van der Waals surface area contributed by atoms with Crippen LogP contribution in [0.5, 0.6) is 0 Å². The SMILES string of the molecule is Cc1ccc2ncc(CN3CC(C)C(N)C3)n2c1.Cl. The maximum Gasteiger partial charge on any atom is 0.136 e. The van der Waals surface area contributed by atoms with E-state index >= 15 is 0 Å². The van der Waals surface area contributed by atoms with Crippen LogP contribution >= 0.6 is 12.4 Å². The van der Waals surface area contributed by atoms with Gasteiger partial charge >= 0.3 is 0 Å². The molecular formula is C14H21ClN4. The second-order valence-electron chi connectivity index (χ2n) is 5.52. The van der Waals surface area contributed by atoms with E-state index in [0.29, 0.717) is 12.0 Å². The van der Waals surface area contributed by atoms with Gasteiger partial charge in [0.25, 0.3) is 0 Å². The first kappa shape index (κ1) is 14.3. The Labute approximate surface area is 120 Å². The lowest BCUT2D eigenvalue weighted by molar-refractivity contribution is 0.314. The minimum atomic E-state index is 0. The largest absolute Gasteiger partial charge is 0.326 e. The Balaban J connectivity index is 0.00000133. The molecule has 2 atom stereocenters. The van der Waals surface area contributed by atoms with Gasteiger partial charge in [-0.3, -0.25) is 4.90 Å². The molecular weight excluding hydrogens is 260 g/mol. The van der Waals surface area contributed by atoms with Gasteiger partial charge in [-0.05, 0) is 24.5 Å². The second kappa shape index (κ2) is 5.49. The van der Waals surface area contributed by atoms with Gasteiger partial charge in [-0.2, -0.15) is 0 Å². The zero-order valence-electron chi connectivity index (χ0n) is 11.4. The number of aryl methyl sites for hydroxylation is 1. The summed E-state index contributed by atoms with van der Waals surface area (Å²) in [4.78, 5) is 6.86. The molecule has 0 radical (unpaired) electrons. The third kappa shape index (κ3) is 2.76. The van der Waals surface area contributed by atoms with Gasteiger partial charge in [-0.1, -0.05) is 13.0 Å². The number of aromatic nitrogens is 2. The van der Waals surface area contributed by atoms with Crippen molar-refractivity contribution in [1.29, 1.82) is 0 Å². The first-order chi connectivity index (χ1) is 8.63. The molecule has 2 aromatic rings. The fourth-order valence-electron chi connectivity index (χ4n) is 2.71. The van der Waals surface area contributed by atoms with Crippen LogP contribution in [-0.2, 0) is 6.54 Å². The number of hydrogen-bond acceptors (Lipinski definition) is 3. The van der Waals surface area contributed by atoms with Crippen LogP contribution in [0.1, 0.15) is 18.2 Å². The minimum Gasteiger partial charge on any atom is -0.326 e. The summed E-state index contributed by atoms with van der Waals surface area (Å²) in [6.07, 6.45) is 4.13. The van der Waals surface area contributed by atoms with Gasteiger partial charge in [-0.15, -0.1) is 12.4 Å². The molecule has 0 spiro atoms. The number of rotatable bonds is 2. The molecule has 104 valence electrons. The van der Waals surface area contributed by atoms with Crippen molar-refractivity contribution in [1.82, 2.24) is 14.3 Å². The number of fused-ring (bicyclic) bond motifs is 1. The van der Waals surface area contributed by atoms with Crippen LogP contribution in [-0.4, -0.2) is 33.4 Å². The average molecular weight is 281 g/mol. The van der Waals surface area contributed by atoms with Gasteiger partial charge in [0.15, 0.2) is 0 Å². The Morgan fingerprint density at radius 2 is 2.16 bits per heavy atom. The van der Waals surface area contributed by atoms with Crippen LogP contribution in [0.2, 0.25) is 0 Å². The van der Waals surface area contributed by atoms with Crippen molar-refractivity contribution in [2.24, 2.45) is 11.7 Å². The molecule has 3 heterocycles. The third-order valence-electron chi connectivity index (χ3n) is 3.86. The molecule has 1 saturated heterocycles. The summed E-state index contributed by atoms with van der Waals surface area (Å²) in [5.41, 5.74) is 9.59. The number of nitrogens with two attached hydrogens (primary N) is 1. The highest BCUT2D eigenvalue weighted by atomic mass is 35.5. The molecule has 0 bridgehead atoms. The molecule has 2 N–H and O–H groups in total. The molecule has 5 heteroatoms. The van der Waals surface area contributed by atoms with Gasteiger partial charge in [0.2, 0.25) is 0 Å². The van der Waals surface area contributed by atoms with Gasteiger partial charge < -0.3 is 10.1 Å². The monoisotopic (exact) mass is 280 g/mol. The zero-order valence-corrected chi connectivity index (χ0v) is 12.2. The molecule has 1 aliphatic heterocycles.